The van der Waals surface area contributed by atoms with Crippen LogP contribution in [0.5, 0.6) is 0 Å². The van der Waals surface area contributed by atoms with Crippen LogP contribution in [0.15, 0.2) is 36.4 Å². The molecule has 0 heterocycles. The number of benzene rings is 2. The van der Waals surface area contributed by atoms with E-state index in [0.717, 1.165) is 24.3 Å². The van der Waals surface area contributed by atoms with Crippen LogP contribution < -0.4 is 0 Å². The van der Waals surface area contributed by atoms with Crippen molar-refractivity contribution in [2.45, 2.75) is 83.1 Å². The van der Waals surface area contributed by atoms with Crippen LogP contribution in [0.3, 0.4) is 0 Å². The number of ketones is 9. The third-order valence-electron chi connectivity index (χ3n) is 7.09. The van der Waals surface area contributed by atoms with E-state index in [1.54, 1.807) is 0 Å². The van der Waals surface area contributed by atoms with Gasteiger partial charge in [-0.05, 0) is 24.3 Å². The van der Waals surface area contributed by atoms with Gasteiger partial charge in [0.05, 0.1) is 0 Å². The van der Waals surface area contributed by atoms with E-state index in [-0.39, 0.29) is 22.3 Å². The highest BCUT2D eigenvalue weighted by Gasteiger charge is 2.38. The Morgan fingerprint density at radius 1 is 0.348 bits per heavy atom. The van der Waals surface area contributed by atoms with Crippen molar-refractivity contribution in [2.24, 2.45) is 21.7 Å². The van der Waals surface area contributed by atoms with E-state index in [1.807, 2.05) is 0 Å². The molecule has 0 radical (unpaired) electrons. The van der Waals surface area contributed by atoms with Crippen molar-refractivity contribution in [3.05, 3.63) is 69.8 Å². The molecule has 0 saturated carbocycles. The zero-order chi connectivity index (χ0) is 35.9. The Labute approximate surface area is 269 Å². The van der Waals surface area contributed by atoms with Gasteiger partial charge in [0, 0.05) is 55.0 Å². The molecule has 9 heteroatoms. The molecule has 244 valence electrons. The second-order valence-corrected chi connectivity index (χ2v) is 15.5. The lowest BCUT2D eigenvalue weighted by atomic mass is 9.80. The van der Waals surface area contributed by atoms with Gasteiger partial charge in [0.2, 0.25) is 46.3 Å². The van der Waals surface area contributed by atoms with Gasteiger partial charge in [0.15, 0.2) is 5.78 Å². The molecular formula is C37H42O9. The molecule has 0 saturated heterocycles. The van der Waals surface area contributed by atoms with Crippen molar-refractivity contribution in [1.29, 1.82) is 0 Å². The quantitative estimate of drug-likeness (QED) is 0.223. The predicted molar refractivity (Wildman–Crippen MR) is 171 cm³/mol. The summed E-state index contributed by atoms with van der Waals surface area (Å²) >= 11 is 0. The Hall–Kier alpha value is -4.53. The first-order valence-corrected chi connectivity index (χ1v) is 14.8. The molecule has 0 aliphatic rings. The second-order valence-electron chi connectivity index (χ2n) is 15.5. The van der Waals surface area contributed by atoms with Crippen molar-refractivity contribution in [3.8, 4) is 0 Å². The van der Waals surface area contributed by atoms with Crippen LogP contribution >= 0.6 is 0 Å². The SMILES string of the molecule is CC(C)(C)C(=O)C(=O)c1ccc(C(=O)c2ccc(C(=O)C(=O)C(C)(C)C)c(C(=O)C(=O)C(C)(C)C)c2)cc1C(=O)C(=O)C(C)(C)C. The third-order valence-corrected chi connectivity index (χ3v) is 7.09. The maximum absolute atomic E-state index is 13.8. The fraction of sp³-hybridized carbons (Fsp3) is 0.432. The summed E-state index contributed by atoms with van der Waals surface area (Å²) in [5.74, 6) is -8.24. The summed E-state index contributed by atoms with van der Waals surface area (Å²) in [6.45, 7) is 18.2. The second kappa shape index (κ2) is 12.7. The zero-order valence-corrected chi connectivity index (χ0v) is 28.6. The summed E-state index contributed by atoms with van der Waals surface area (Å²) in [5.41, 5.74) is -6.38. The third kappa shape index (κ3) is 8.00. The van der Waals surface area contributed by atoms with Crippen molar-refractivity contribution >= 4 is 52.0 Å². The molecule has 46 heavy (non-hydrogen) atoms. The Kier molecular flexibility index (Phi) is 10.4. The normalized spacial score (nSPS) is 12.3. The van der Waals surface area contributed by atoms with Crippen LogP contribution in [0, 0.1) is 21.7 Å². The molecule has 2 aromatic rings. The monoisotopic (exact) mass is 630 g/mol. The lowest BCUT2D eigenvalue weighted by molar-refractivity contribution is -0.122. The minimum Gasteiger partial charge on any atom is -0.290 e. The van der Waals surface area contributed by atoms with E-state index in [1.165, 1.54) is 95.2 Å². The molecule has 0 fully saturated rings. The molecule has 2 rings (SSSR count). The van der Waals surface area contributed by atoms with Gasteiger partial charge in [-0.25, -0.2) is 0 Å². The number of hydrogen-bond donors (Lipinski definition) is 0. The van der Waals surface area contributed by atoms with E-state index < -0.39 is 84.8 Å². The van der Waals surface area contributed by atoms with Gasteiger partial charge in [-0.2, -0.15) is 0 Å². The van der Waals surface area contributed by atoms with Crippen molar-refractivity contribution in [3.63, 3.8) is 0 Å². The Bertz CT molecular complexity index is 1580. The van der Waals surface area contributed by atoms with Crippen molar-refractivity contribution in [1.82, 2.24) is 0 Å². The summed E-state index contributed by atoms with van der Waals surface area (Å²) in [7, 11) is 0. The Morgan fingerprint density at radius 3 is 0.783 bits per heavy atom. The van der Waals surface area contributed by atoms with E-state index in [2.05, 4.69) is 0 Å². The molecular weight excluding hydrogens is 588 g/mol. The number of carbonyl (C=O) groups excluding carboxylic acids is 9. The van der Waals surface area contributed by atoms with Crippen LogP contribution in [0.4, 0.5) is 0 Å². The topological polar surface area (TPSA) is 154 Å². The molecule has 0 unspecified atom stereocenters. The van der Waals surface area contributed by atoms with Gasteiger partial charge in [-0.1, -0.05) is 95.2 Å². The largest absolute Gasteiger partial charge is 0.290 e. The van der Waals surface area contributed by atoms with E-state index >= 15 is 0 Å². The molecule has 0 bridgehead atoms. The van der Waals surface area contributed by atoms with E-state index in [9.17, 15) is 43.2 Å². The minimum absolute atomic E-state index is 0.171. The molecule has 0 aliphatic carbocycles. The summed E-state index contributed by atoms with van der Waals surface area (Å²) in [6.07, 6.45) is 0. The van der Waals surface area contributed by atoms with Gasteiger partial charge >= 0.3 is 0 Å². The van der Waals surface area contributed by atoms with E-state index in [4.69, 9.17) is 0 Å². The fourth-order valence-corrected chi connectivity index (χ4v) is 4.16. The molecule has 0 amide bonds. The number of rotatable bonds is 10. The predicted octanol–water partition coefficient (Wildman–Crippen LogP) is 6.11. The molecule has 0 aliphatic heterocycles. The highest BCUT2D eigenvalue weighted by molar-refractivity contribution is 6.52. The van der Waals surface area contributed by atoms with Crippen LogP contribution in [0.1, 0.15) is 140 Å². The van der Waals surface area contributed by atoms with Gasteiger partial charge < -0.3 is 0 Å². The molecule has 0 atom stereocenters. The summed E-state index contributed by atoms with van der Waals surface area (Å²) in [4.78, 5) is 119. The van der Waals surface area contributed by atoms with Crippen LogP contribution in [0.25, 0.3) is 0 Å². The van der Waals surface area contributed by atoms with Gasteiger partial charge in [-0.15, -0.1) is 0 Å². The highest BCUT2D eigenvalue weighted by atomic mass is 16.2. The smallest absolute Gasteiger partial charge is 0.229 e. The lowest BCUT2D eigenvalue weighted by Gasteiger charge is -2.20. The maximum atomic E-state index is 13.8. The standard InChI is InChI=1S/C37H42O9/c1-34(2,3)30(43)26(39)21-15-13-19(17-23(21)28(41)32(45)36(7,8)9)25(38)20-14-16-22(27(40)31(44)35(4,5)6)24(18-20)29(42)33(46)37(10,11)12/h13-18H,1-12H3. The number of Topliss-reactive ketones (excluding diaryl/α,β-unsaturated/α-hetero) is 8. The van der Waals surface area contributed by atoms with Crippen LogP contribution in [-0.4, -0.2) is 52.0 Å². The van der Waals surface area contributed by atoms with Crippen LogP contribution in [0.2, 0.25) is 0 Å². The number of carbonyl (C=O) groups is 9. The molecule has 9 nitrogen and oxygen atoms in total. The minimum atomic E-state index is -1.15. The Morgan fingerprint density at radius 2 is 0.565 bits per heavy atom. The molecule has 0 aromatic heterocycles. The highest BCUT2D eigenvalue weighted by Crippen LogP contribution is 2.28. The average molecular weight is 631 g/mol. The fourth-order valence-electron chi connectivity index (χ4n) is 4.16. The van der Waals surface area contributed by atoms with Crippen LogP contribution in [-0.2, 0) is 19.2 Å². The first-order chi connectivity index (χ1) is 20.6. The van der Waals surface area contributed by atoms with Crippen molar-refractivity contribution in [2.75, 3.05) is 0 Å². The van der Waals surface area contributed by atoms with Crippen molar-refractivity contribution < 1.29 is 43.2 Å². The maximum Gasteiger partial charge on any atom is 0.229 e. The van der Waals surface area contributed by atoms with Gasteiger partial charge in [-0.3, -0.25) is 43.2 Å². The van der Waals surface area contributed by atoms with Gasteiger partial charge in [0.1, 0.15) is 0 Å². The molecule has 2 aromatic carbocycles. The zero-order valence-electron chi connectivity index (χ0n) is 28.6. The molecule has 0 N–H and O–H groups in total. The Balaban J connectivity index is 2.84. The van der Waals surface area contributed by atoms with Gasteiger partial charge in [0.25, 0.3) is 0 Å². The summed E-state index contributed by atoms with van der Waals surface area (Å²) in [5, 5.41) is 0. The summed E-state index contributed by atoms with van der Waals surface area (Å²) in [6, 6.07) is 6.74. The lowest BCUT2D eigenvalue weighted by Crippen LogP contribution is -2.33. The average Bonchev–Trinajstić information content (AvgIpc) is 2.95. The number of hydrogen-bond acceptors (Lipinski definition) is 9. The summed E-state index contributed by atoms with van der Waals surface area (Å²) < 4.78 is 0. The molecule has 0 spiro atoms. The first-order valence-electron chi connectivity index (χ1n) is 14.8. The van der Waals surface area contributed by atoms with E-state index in [0.29, 0.717) is 0 Å². The first kappa shape index (κ1) is 37.7.